The first kappa shape index (κ1) is 16.3. The van der Waals surface area contributed by atoms with Crippen LogP contribution in [0.5, 0.6) is 0 Å². The van der Waals surface area contributed by atoms with Crippen molar-refractivity contribution in [1.29, 1.82) is 0 Å². The smallest absolute Gasteiger partial charge is 0.374 e. The van der Waals surface area contributed by atoms with Crippen LogP contribution in [0, 0.1) is 6.92 Å². The summed E-state index contributed by atoms with van der Waals surface area (Å²) in [4.78, 5) is 29.2. The van der Waals surface area contributed by atoms with Gasteiger partial charge in [0.15, 0.2) is 4.96 Å². The minimum atomic E-state index is -0.610. The maximum absolute atomic E-state index is 12.1. The molecule has 4 aromatic heterocycles. The van der Waals surface area contributed by atoms with Crippen molar-refractivity contribution < 1.29 is 13.9 Å². The molecule has 0 spiro atoms. The number of ether oxygens (including phenoxy) is 1. The Morgan fingerprint density at radius 2 is 2.27 bits per heavy atom. The number of carbonyl (C=O) groups is 1. The summed E-state index contributed by atoms with van der Waals surface area (Å²) in [6.07, 6.45) is 3.47. The van der Waals surface area contributed by atoms with Crippen molar-refractivity contribution >= 4 is 22.3 Å². The highest BCUT2D eigenvalue weighted by molar-refractivity contribution is 7.15. The van der Waals surface area contributed by atoms with Crippen LogP contribution in [-0.4, -0.2) is 25.1 Å². The van der Waals surface area contributed by atoms with Crippen molar-refractivity contribution in [3.8, 4) is 0 Å². The van der Waals surface area contributed by atoms with Crippen LogP contribution in [0.4, 0.5) is 0 Å². The Balaban J connectivity index is 1.44. The molecule has 0 bridgehead atoms. The number of aryl methyl sites for hydroxylation is 1. The van der Waals surface area contributed by atoms with E-state index in [0.717, 1.165) is 5.69 Å². The third kappa shape index (κ3) is 3.16. The van der Waals surface area contributed by atoms with E-state index >= 15 is 0 Å². The van der Waals surface area contributed by atoms with E-state index in [4.69, 9.17) is 9.15 Å². The highest BCUT2D eigenvalue weighted by Gasteiger charge is 2.14. The molecule has 4 aromatic rings. The van der Waals surface area contributed by atoms with Gasteiger partial charge in [-0.3, -0.25) is 13.9 Å². The molecular formula is C17H14N4O4S. The largest absolute Gasteiger partial charge is 0.453 e. The molecule has 0 unspecified atom stereocenters. The molecule has 0 fully saturated rings. The van der Waals surface area contributed by atoms with Crippen LogP contribution in [0.15, 0.2) is 51.3 Å². The minimum absolute atomic E-state index is 0.0944. The van der Waals surface area contributed by atoms with Gasteiger partial charge in [-0.1, -0.05) is 0 Å². The first-order valence-electron chi connectivity index (χ1n) is 7.80. The molecule has 0 atom stereocenters. The number of rotatable bonds is 5. The fourth-order valence-corrected chi connectivity index (χ4v) is 3.40. The van der Waals surface area contributed by atoms with Crippen LogP contribution < -0.4 is 5.56 Å². The molecule has 0 aliphatic heterocycles. The fourth-order valence-electron chi connectivity index (χ4n) is 2.51. The molecule has 0 N–H and O–H groups in total. The summed E-state index contributed by atoms with van der Waals surface area (Å²) in [7, 11) is 0. The van der Waals surface area contributed by atoms with E-state index in [9.17, 15) is 9.59 Å². The minimum Gasteiger partial charge on any atom is -0.453 e. The maximum atomic E-state index is 12.1. The molecule has 0 radical (unpaired) electrons. The van der Waals surface area contributed by atoms with Crippen molar-refractivity contribution in [3.63, 3.8) is 0 Å². The highest BCUT2D eigenvalue weighted by atomic mass is 32.1. The molecule has 8 nitrogen and oxygen atoms in total. The fraction of sp³-hybridized carbons (Fsp3) is 0.176. The van der Waals surface area contributed by atoms with E-state index in [1.165, 1.54) is 21.8 Å². The number of thiazole rings is 1. The molecule has 0 saturated carbocycles. The predicted molar refractivity (Wildman–Crippen MR) is 93.2 cm³/mol. The average molecular weight is 370 g/mol. The third-order valence-corrected chi connectivity index (χ3v) is 4.66. The second-order valence-electron chi connectivity index (χ2n) is 5.63. The Kier molecular flexibility index (Phi) is 4.13. The number of esters is 1. The highest BCUT2D eigenvalue weighted by Crippen LogP contribution is 2.14. The quantitative estimate of drug-likeness (QED) is 0.501. The number of aromatic nitrogens is 4. The van der Waals surface area contributed by atoms with Crippen molar-refractivity contribution in [2.24, 2.45) is 0 Å². The van der Waals surface area contributed by atoms with E-state index in [-0.39, 0.29) is 17.9 Å². The van der Waals surface area contributed by atoms with Gasteiger partial charge in [0.1, 0.15) is 12.4 Å². The summed E-state index contributed by atoms with van der Waals surface area (Å²) in [5.74, 6) is 0.0745. The first-order valence-corrected chi connectivity index (χ1v) is 8.68. The van der Waals surface area contributed by atoms with Crippen LogP contribution in [0.3, 0.4) is 0 Å². The average Bonchev–Trinajstić information content (AvgIpc) is 3.35. The number of furan rings is 1. The van der Waals surface area contributed by atoms with Gasteiger partial charge in [-0.05, 0) is 25.1 Å². The van der Waals surface area contributed by atoms with Crippen LogP contribution >= 0.6 is 11.3 Å². The number of hydrogen-bond acceptors (Lipinski definition) is 7. The molecule has 9 heteroatoms. The lowest BCUT2D eigenvalue weighted by Gasteiger charge is -2.03. The Bertz CT molecular complexity index is 1120. The lowest BCUT2D eigenvalue weighted by atomic mass is 10.4. The van der Waals surface area contributed by atoms with Crippen molar-refractivity contribution in [1.82, 2.24) is 19.2 Å². The van der Waals surface area contributed by atoms with Crippen molar-refractivity contribution in [2.45, 2.75) is 20.1 Å². The molecular weight excluding hydrogens is 356 g/mol. The van der Waals surface area contributed by atoms with Gasteiger partial charge in [0.05, 0.1) is 12.2 Å². The van der Waals surface area contributed by atoms with Gasteiger partial charge in [-0.25, -0.2) is 9.78 Å². The maximum Gasteiger partial charge on any atom is 0.374 e. The normalized spacial score (nSPS) is 11.1. The SMILES string of the molecule is Cc1csc2nc(COC(=O)c3ccc(Cn4cccn4)o3)cc(=O)n12. The lowest BCUT2D eigenvalue weighted by Crippen LogP contribution is -2.16. The van der Waals surface area contributed by atoms with Crippen LogP contribution in [0.25, 0.3) is 4.96 Å². The number of fused-ring (bicyclic) bond motifs is 1. The monoisotopic (exact) mass is 370 g/mol. The number of carbonyl (C=O) groups excluding carboxylic acids is 1. The molecule has 0 aliphatic carbocycles. The summed E-state index contributed by atoms with van der Waals surface area (Å²) < 4.78 is 13.9. The molecule has 26 heavy (non-hydrogen) atoms. The van der Waals surface area contributed by atoms with Crippen molar-refractivity contribution in [2.75, 3.05) is 0 Å². The second kappa shape index (κ2) is 6.60. The predicted octanol–water partition coefficient (Wildman–Crippen LogP) is 2.26. The zero-order chi connectivity index (χ0) is 18.1. The van der Waals surface area contributed by atoms with E-state index in [2.05, 4.69) is 10.1 Å². The van der Waals surface area contributed by atoms with E-state index < -0.39 is 5.97 Å². The molecule has 4 heterocycles. The summed E-state index contributed by atoms with van der Waals surface area (Å²) >= 11 is 1.36. The molecule has 0 amide bonds. The molecule has 132 valence electrons. The van der Waals surface area contributed by atoms with Crippen LogP contribution in [-0.2, 0) is 17.9 Å². The van der Waals surface area contributed by atoms with E-state index in [1.807, 2.05) is 12.3 Å². The van der Waals surface area contributed by atoms with Crippen molar-refractivity contribution in [3.05, 3.63) is 75.3 Å². The zero-order valence-corrected chi connectivity index (χ0v) is 14.6. The van der Waals surface area contributed by atoms with Gasteiger partial charge < -0.3 is 9.15 Å². The summed E-state index contributed by atoms with van der Waals surface area (Å²) in [6, 6.07) is 6.42. The Labute approximate surface area is 151 Å². The van der Waals surface area contributed by atoms with Gasteiger partial charge in [0, 0.05) is 29.5 Å². The third-order valence-electron chi connectivity index (χ3n) is 3.72. The van der Waals surface area contributed by atoms with Crippen LogP contribution in [0.1, 0.15) is 27.7 Å². The Morgan fingerprint density at radius 1 is 1.38 bits per heavy atom. The van der Waals surface area contributed by atoms with Gasteiger partial charge >= 0.3 is 5.97 Å². The Hall–Kier alpha value is -3.20. The summed E-state index contributed by atoms with van der Waals surface area (Å²) in [5.41, 5.74) is 1.03. The number of nitrogens with zero attached hydrogens (tertiary/aromatic N) is 4. The Morgan fingerprint density at radius 3 is 3.08 bits per heavy atom. The topological polar surface area (TPSA) is 91.6 Å². The zero-order valence-electron chi connectivity index (χ0n) is 13.8. The van der Waals surface area contributed by atoms with Gasteiger partial charge in [-0.15, -0.1) is 11.3 Å². The van der Waals surface area contributed by atoms with Gasteiger partial charge in [0.2, 0.25) is 5.76 Å². The summed E-state index contributed by atoms with van der Waals surface area (Å²) in [5, 5.41) is 5.93. The molecule has 0 aromatic carbocycles. The first-order chi connectivity index (χ1) is 12.6. The van der Waals surface area contributed by atoms with E-state index in [1.54, 1.807) is 35.3 Å². The van der Waals surface area contributed by atoms with Gasteiger partial charge in [0.25, 0.3) is 5.56 Å². The second-order valence-corrected chi connectivity index (χ2v) is 6.46. The molecule has 0 aliphatic rings. The van der Waals surface area contributed by atoms with E-state index in [0.29, 0.717) is 23.0 Å². The van der Waals surface area contributed by atoms with Gasteiger partial charge in [-0.2, -0.15) is 5.10 Å². The standard InChI is InChI=1S/C17H14N4O4S/c1-11-10-26-17-19-12(7-15(22)21(11)17)9-24-16(23)14-4-3-13(25-14)8-20-6-2-5-18-20/h2-7,10H,8-9H2,1H3. The number of hydrogen-bond donors (Lipinski definition) is 0. The van der Waals surface area contributed by atoms with Crippen LogP contribution in [0.2, 0.25) is 0 Å². The molecule has 0 saturated heterocycles. The molecule has 4 rings (SSSR count). The lowest BCUT2D eigenvalue weighted by molar-refractivity contribution is 0.0429. The summed E-state index contributed by atoms with van der Waals surface area (Å²) in [6.45, 7) is 2.16.